The van der Waals surface area contributed by atoms with Crippen LogP contribution < -0.4 is 16.2 Å². The number of nitrogen functional groups attached to an aromatic ring is 1. The quantitative estimate of drug-likeness (QED) is 0.725. The number of para-hydroxylation sites is 1. The topological polar surface area (TPSA) is 128 Å². The third-order valence-corrected chi connectivity index (χ3v) is 4.02. The lowest BCUT2D eigenvalue weighted by atomic mass is 10.0. The molecule has 0 atom stereocenters. The first-order chi connectivity index (χ1) is 12.1. The summed E-state index contributed by atoms with van der Waals surface area (Å²) in [5, 5.41) is 11.2. The van der Waals surface area contributed by atoms with E-state index in [1.54, 1.807) is 30.5 Å². The van der Waals surface area contributed by atoms with Gasteiger partial charge >= 0.3 is 0 Å². The highest BCUT2D eigenvalue weighted by atomic mass is 32.1. The molecule has 0 radical (unpaired) electrons. The Kier molecular flexibility index (Phi) is 4.59. The lowest BCUT2D eigenvalue weighted by Gasteiger charge is -2.12. The highest BCUT2D eigenvalue weighted by Gasteiger charge is 2.16. The summed E-state index contributed by atoms with van der Waals surface area (Å²) >= 11 is 1.28. The van der Waals surface area contributed by atoms with Crippen LogP contribution in [0.4, 0.5) is 5.82 Å². The average molecular weight is 351 g/mol. The minimum absolute atomic E-state index is 0.117. The van der Waals surface area contributed by atoms with E-state index >= 15 is 0 Å². The number of hydrogen-bond donors (Lipinski definition) is 2. The van der Waals surface area contributed by atoms with E-state index in [2.05, 4.69) is 15.4 Å². The molecular weight excluding hydrogens is 338 g/mol. The molecule has 1 amide bonds. The molecule has 0 fully saturated rings. The number of nitrogens with zero attached hydrogens (tertiary/aromatic N) is 3. The fourth-order valence-electron chi connectivity index (χ4n) is 2.34. The Morgan fingerprint density at radius 3 is 2.80 bits per heavy atom. The minimum Gasteiger partial charge on any atom is -0.483 e. The predicted molar refractivity (Wildman–Crippen MR) is 94.6 cm³/mol. The van der Waals surface area contributed by atoms with Gasteiger partial charge in [-0.3, -0.25) is 4.79 Å². The fraction of sp³-hybridized carbons (Fsp3) is 0.0588. The summed E-state index contributed by atoms with van der Waals surface area (Å²) in [5.74, 6) is -0.00894. The fourth-order valence-corrected chi connectivity index (χ4v) is 2.88. The van der Waals surface area contributed by atoms with Crippen LogP contribution in [0.2, 0.25) is 0 Å². The number of hydrogen-bond acceptors (Lipinski definition) is 7. The van der Waals surface area contributed by atoms with Crippen LogP contribution in [0.15, 0.2) is 41.9 Å². The Labute approximate surface area is 147 Å². The van der Waals surface area contributed by atoms with Crippen LogP contribution in [0.25, 0.3) is 22.4 Å². The zero-order valence-electron chi connectivity index (χ0n) is 13.0. The molecule has 2 aromatic heterocycles. The van der Waals surface area contributed by atoms with Crippen LogP contribution >= 0.6 is 11.5 Å². The summed E-state index contributed by atoms with van der Waals surface area (Å²) in [6.45, 7) is -0.246. The van der Waals surface area contributed by atoms with Gasteiger partial charge in [0.2, 0.25) is 0 Å². The minimum atomic E-state index is -0.577. The van der Waals surface area contributed by atoms with Crippen molar-refractivity contribution in [2.45, 2.75) is 0 Å². The standard InChI is InChI=1S/C17H13N5O2S/c18-6-13-12(10-7-21-25-9-10)5-14(22-17(13)20)11-3-1-2-4-15(11)24-8-16(19)23/h1-5,7,9H,8H2,(H2,19,23)(H2,20,22). The van der Waals surface area contributed by atoms with Gasteiger partial charge in [0.05, 0.1) is 5.69 Å². The molecule has 0 aliphatic heterocycles. The predicted octanol–water partition coefficient (Wildman–Crippen LogP) is 2.19. The second-order valence-electron chi connectivity index (χ2n) is 5.09. The molecule has 124 valence electrons. The van der Waals surface area contributed by atoms with Crippen LogP contribution in [-0.2, 0) is 4.79 Å². The van der Waals surface area contributed by atoms with E-state index in [0.717, 1.165) is 5.56 Å². The van der Waals surface area contributed by atoms with Gasteiger partial charge in [0.25, 0.3) is 5.91 Å². The normalized spacial score (nSPS) is 10.2. The molecule has 3 aromatic rings. The number of anilines is 1. The van der Waals surface area contributed by atoms with Crippen molar-refractivity contribution < 1.29 is 9.53 Å². The molecule has 25 heavy (non-hydrogen) atoms. The van der Waals surface area contributed by atoms with Gasteiger partial charge in [0.15, 0.2) is 6.61 Å². The summed E-state index contributed by atoms with van der Waals surface area (Å²) in [7, 11) is 0. The summed E-state index contributed by atoms with van der Waals surface area (Å²) in [4.78, 5) is 15.3. The molecule has 0 saturated heterocycles. The highest BCUT2D eigenvalue weighted by Crippen LogP contribution is 2.35. The monoisotopic (exact) mass is 351 g/mol. The molecular formula is C17H13N5O2S. The Bertz CT molecular complexity index is 964. The van der Waals surface area contributed by atoms with Crippen molar-refractivity contribution in [3.05, 3.63) is 47.5 Å². The van der Waals surface area contributed by atoms with Crippen LogP contribution in [0.3, 0.4) is 0 Å². The van der Waals surface area contributed by atoms with Crippen LogP contribution in [0, 0.1) is 11.3 Å². The van der Waals surface area contributed by atoms with Crippen molar-refractivity contribution in [1.82, 2.24) is 9.36 Å². The summed E-state index contributed by atoms with van der Waals surface area (Å²) in [6, 6.07) is 10.9. The van der Waals surface area contributed by atoms with Crippen LogP contribution in [0.1, 0.15) is 5.56 Å². The summed E-state index contributed by atoms with van der Waals surface area (Å²) in [6.07, 6.45) is 1.67. The number of nitriles is 1. The molecule has 0 unspecified atom stereocenters. The first-order valence-electron chi connectivity index (χ1n) is 7.21. The van der Waals surface area contributed by atoms with Gasteiger partial charge in [-0.1, -0.05) is 12.1 Å². The molecule has 4 N–H and O–H groups in total. The van der Waals surface area contributed by atoms with Crippen molar-refractivity contribution in [2.24, 2.45) is 5.73 Å². The maximum atomic E-state index is 11.0. The van der Waals surface area contributed by atoms with Crippen LogP contribution in [-0.4, -0.2) is 21.9 Å². The summed E-state index contributed by atoms with van der Waals surface area (Å²) < 4.78 is 9.52. The molecule has 0 aliphatic carbocycles. The van der Waals surface area contributed by atoms with Crippen molar-refractivity contribution in [1.29, 1.82) is 5.26 Å². The number of pyridine rings is 1. The molecule has 0 aliphatic rings. The first-order valence-corrected chi connectivity index (χ1v) is 8.04. The third kappa shape index (κ3) is 3.41. The highest BCUT2D eigenvalue weighted by molar-refractivity contribution is 7.03. The zero-order chi connectivity index (χ0) is 17.8. The number of ether oxygens (including phenoxy) is 1. The number of carbonyl (C=O) groups is 1. The number of primary amides is 1. The van der Waals surface area contributed by atoms with Gasteiger partial charge in [-0.2, -0.15) is 5.26 Å². The third-order valence-electron chi connectivity index (χ3n) is 3.44. The van der Waals surface area contributed by atoms with Crippen molar-refractivity contribution in [2.75, 3.05) is 12.3 Å². The van der Waals surface area contributed by atoms with Gasteiger partial charge in [0.1, 0.15) is 23.2 Å². The van der Waals surface area contributed by atoms with E-state index in [0.29, 0.717) is 28.1 Å². The molecule has 3 rings (SSSR count). The lowest BCUT2D eigenvalue weighted by Crippen LogP contribution is -2.20. The van der Waals surface area contributed by atoms with E-state index in [4.69, 9.17) is 16.2 Å². The van der Waals surface area contributed by atoms with E-state index < -0.39 is 5.91 Å². The second-order valence-corrected chi connectivity index (χ2v) is 5.75. The van der Waals surface area contributed by atoms with Crippen molar-refractivity contribution >= 4 is 23.3 Å². The Balaban J connectivity index is 2.13. The van der Waals surface area contributed by atoms with E-state index in [9.17, 15) is 10.1 Å². The van der Waals surface area contributed by atoms with Gasteiger partial charge in [-0.05, 0) is 29.7 Å². The molecule has 8 heteroatoms. The van der Waals surface area contributed by atoms with E-state index in [-0.39, 0.29) is 12.4 Å². The van der Waals surface area contributed by atoms with Gasteiger partial charge in [0, 0.05) is 28.3 Å². The molecule has 7 nitrogen and oxygen atoms in total. The average Bonchev–Trinajstić information content (AvgIpc) is 3.14. The largest absolute Gasteiger partial charge is 0.483 e. The van der Waals surface area contributed by atoms with E-state index in [1.807, 2.05) is 11.4 Å². The molecule has 1 aromatic carbocycles. The lowest BCUT2D eigenvalue weighted by molar-refractivity contribution is -0.119. The molecule has 0 saturated carbocycles. The number of aromatic nitrogens is 2. The van der Waals surface area contributed by atoms with Crippen molar-refractivity contribution in [3.8, 4) is 34.2 Å². The summed E-state index contributed by atoms with van der Waals surface area (Å²) in [5.41, 5.74) is 14.0. The number of nitrogens with two attached hydrogens (primary N) is 2. The SMILES string of the molecule is N#Cc1c(-c2cnsc2)cc(-c2ccccc2OCC(N)=O)nc1N. The van der Waals surface area contributed by atoms with Crippen LogP contribution in [0.5, 0.6) is 5.75 Å². The Hall–Kier alpha value is -3.44. The zero-order valence-corrected chi connectivity index (χ0v) is 13.8. The number of amides is 1. The van der Waals surface area contributed by atoms with E-state index in [1.165, 1.54) is 11.5 Å². The smallest absolute Gasteiger partial charge is 0.255 e. The number of carbonyl (C=O) groups excluding carboxylic acids is 1. The van der Waals surface area contributed by atoms with Gasteiger partial charge in [-0.15, -0.1) is 0 Å². The molecule has 2 heterocycles. The number of rotatable bonds is 5. The van der Waals surface area contributed by atoms with Gasteiger partial charge < -0.3 is 16.2 Å². The molecule has 0 spiro atoms. The maximum Gasteiger partial charge on any atom is 0.255 e. The van der Waals surface area contributed by atoms with Crippen molar-refractivity contribution in [3.63, 3.8) is 0 Å². The molecule has 0 bridgehead atoms. The maximum absolute atomic E-state index is 11.0. The first kappa shape index (κ1) is 16.4. The van der Waals surface area contributed by atoms with Gasteiger partial charge in [-0.25, -0.2) is 9.36 Å². The number of benzene rings is 1. The Morgan fingerprint density at radius 1 is 1.32 bits per heavy atom. The second kappa shape index (κ2) is 6.98. The Morgan fingerprint density at radius 2 is 2.12 bits per heavy atom.